The van der Waals surface area contributed by atoms with Crippen LogP contribution in [0, 0.1) is 0 Å². The molecule has 0 aliphatic rings. The van der Waals surface area contributed by atoms with Gasteiger partial charge in [0.1, 0.15) is 11.5 Å². The predicted octanol–water partition coefficient (Wildman–Crippen LogP) is 2.63. The maximum absolute atomic E-state index is 12.0. The number of benzene rings is 2. The molecule has 2 amide bonds. The molecule has 0 aliphatic heterocycles. The molecule has 2 N–H and O–H groups in total. The van der Waals surface area contributed by atoms with Crippen molar-refractivity contribution in [1.82, 2.24) is 10.9 Å². The summed E-state index contributed by atoms with van der Waals surface area (Å²) in [5, 5.41) is 0. The third-order valence-corrected chi connectivity index (χ3v) is 3.63. The lowest BCUT2D eigenvalue weighted by molar-refractivity contribution is -0.132. The highest BCUT2D eigenvalue weighted by Crippen LogP contribution is 2.18. The highest BCUT2D eigenvalue weighted by molar-refractivity contribution is 5.84. The van der Waals surface area contributed by atoms with Crippen molar-refractivity contribution in [2.45, 2.75) is 32.8 Å². The third-order valence-electron chi connectivity index (χ3n) is 3.63. The van der Waals surface area contributed by atoms with E-state index in [9.17, 15) is 9.59 Å². The van der Waals surface area contributed by atoms with Crippen molar-refractivity contribution in [3.63, 3.8) is 0 Å². The maximum Gasteiger partial charge on any atom is 0.279 e. The van der Waals surface area contributed by atoms with Crippen LogP contribution in [0.25, 0.3) is 0 Å². The van der Waals surface area contributed by atoms with Gasteiger partial charge in [0.25, 0.3) is 5.91 Å². The zero-order chi connectivity index (χ0) is 18.8. The predicted molar refractivity (Wildman–Crippen MR) is 98.7 cm³/mol. The van der Waals surface area contributed by atoms with E-state index in [1.165, 1.54) is 0 Å². The van der Waals surface area contributed by atoms with E-state index in [0.29, 0.717) is 25.2 Å². The molecule has 138 valence electrons. The van der Waals surface area contributed by atoms with Gasteiger partial charge < -0.3 is 9.47 Å². The summed E-state index contributed by atoms with van der Waals surface area (Å²) >= 11 is 0. The number of aryl methyl sites for hydroxylation is 1. The average molecular weight is 356 g/mol. The second kappa shape index (κ2) is 10.1. The van der Waals surface area contributed by atoms with Crippen molar-refractivity contribution in [1.29, 1.82) is 0 Å². The van der Waals surface area contributed by atoms with Gasteiger partial charge in [0, 0.05) is 6.42 Å². The SMILES string of the molecule is CCOc1ccc(OC(C)C(=O)NNC(=O)CCc2ccccc2)cc1. The normalized spacial score (nSPS) is 11.3. The van der Waals surface area contributed by atoms with Crippen LogP contribution in [0.4, 0.5) is 0 Å². The van der Waals surface area contributed by atoms with E-state index in [4.69, 9.17) is 9.47 Å². The maximum atomic E-state index is 12.0. The number of hydrazine groups is 1. The number of hydrogen-bond donors (Lipinski definition) is 2. The Labute approximate surface area is 153 Å². The summed E-state index contributed by atoms with van der Waals surface area (Å²) in [7, 11) is 0. The first-order valence-corrected chi connectivity index (χ1v) is 8.60. The zero-order valence-corrected chi connectivity index (χ0v) is 15.0. The van der Waals surface area contributed by atoms with Crippen molar-refractivity contribution in [2.24, 2.45) is 0 Å². The largest absolute Gasteiger partial charge is 0.494 e. The molecular formula is C20H24N2O4. The number of carbonyl (C=O) groups excluding carboxylic acids is 2. The van der Waals surface area contributed by atoms with Crippen molar-refractivity contribution >= 4 is 11.8 Å². The molecule has 2 aromatic rings. The van der Waals surface area contributed by atoms with Crippen LogP contribution in [0.1, 0.15) is 25.8 Å². The highest BCUT2D eigenvalue weighted by Gasteiger charge is 2.15. The van der Waals surface area contributed by atoms with E-state index in [2.05, 4.69) is 10.9 Å². The second-order valence-corrected chi connectivity index (χ2v) is 5.69. The lowest BCUT2D eigenvalue weighted by Gasteiger charge is -2.15. The summed E-state index contributed by atoms with van der Waals surface area (Å²) in [6.45, 7) is 4.11. The van der Waals surface area contributed by atoms with Gasteiger partial charge in [-0.05, 0) is 50.1 Å². The number of hydrogen-bond acceptors (Lipinski definition) is 4. The Morgan fingerprint density at radius 3 is 2.27 bits per heavy atom. The molecule has 26 heavy (non-hydrogen) atoms. The van der Waals surface area contributed by atoms with Crippen LogP contribution in [-0.4, -0.2) is 24.5 Å². The van der Waals surface area contributed by atoms with Crippen LogP contribution in [0.5, 0.6) is 11.5 Å². The van der Waals surface area contributed by atoms with Gasteiger partial charge in [-0.1, -0.05) is 30.3 Å². The molecule has 0 spiro atoms. The smallest absolute Gasteiger partial charge is 0.279 e. The minimum atomic E-state index is -0.748. The van der Waals surface area contributed by atoms with E-state index < -0.39 is 12.0 Å². The van der Waals surface area contributed by atoms with E-state index in [1.807, 2.05) is 37.3 Å². The van der Waals surface area contributed by atoms with Crippen LogP contribution < -0.4 is 20.3 Å². The third kappa shape index (κ3) is 6.47. The lowest BCUT2D eigenvalue weighted by Crippen LogP contribution is -2.47. The fraction of sp³-hybridized carbons (Fsp3) is 0.300. The Morgan fingerprint density at radius 1 is 0.962 bits per heavy atom. The number of amides is 2. The number of ether oxygens (including phenoxy) is 2. The van der Waals surface area contributed by atoms with Crippen LogP contribution in [0.3, 0.4) is 0 Å². The van der Waals surface area contributed by atoms with Crippen molar-refractivity contribution in [3.05, 3.63) is 60.2 Å². The molecule has 0 radical (unpaired) electrons. The summed E-state index contributed by atoms with van der Waals surface area (Å²) in [5.41, 5.74) is 5.86. The first-order valence-electron chi connectivity index (χ1n) is 8.60. The fourth-order valence-electron chi connectivity index (χ4n) is 2.24. The van der Waals surface area contributed by atoms with E-state index in [-0.39, 0.29) is 5.91 Å². The lowest BCUT2D eigenvalue weighted by atomic mass is 10.1. The monoisotopic (exact) mass is 356 g/mol. The Morgan fingerprint density at radius 2 is 1.62 bits per heavy atom. The minimum absolute atomic E-state index is 0.254. The standard InChI is InChI=1S/C20H24N2O4/c1-3-25-17-10-12-18(13-11-17)26-15(2)20(24)22-21-19(23)14-9-16-7-5-4-6-8-16/h4-8,10-13,15H,3,9,14H2,1-2H3,(H,21,23)(H,22,24). The molecule has 0 aliphatic carbocycles. The molecular weight excluding hydrogens is 332 g/mol. The Hall–Kier alpha value is -3.02. The van der Waals surface area contributed by atoms with Gasteiger partial charge in [0.2, 0.25) is 5.91 Å². The number of nitrogens with one attached hydrogen (secondary N) is 2. The van der Waals surface area contributed by atoms with Gasteiger partial charge in [-0.2, -0.15) is 0 Å². The molecule has 6 heteroatoms. The van der Waals surface area contributed by atoms with Crippen LogP contribution >= 0.6 is 0 Å². The first kappa shape index (κ1) is 19.3. The summed E-state index contributed by atoms with van der Waals surface area (Å²) in [5.74, 6) is 0.608. The summed E-state index contributed by atoms with van der Waals surface area (Å²) in [6, 6.07) is 16.7. The molecule has 2 rings (SSSR count). The fourth-order valence-corrected chi connectivity index (χ4v) is 2.24. The molecule has 0 bridgehead atoms. The first-order chi connectivity index (χ1) is 12.6. The minimum Gasteiger partial charge on any atom is -0.494 e. The topological polar surface area (TPSA) is 76.7 Å². The van der Waals surface area contributed by atoms with Crippen molar-refractivity contribution in [3.8, 4) is 11.5 Å². The molecule has 0 aromatic heterocycles. The number of rotatable bonds is 8. The summed E-state index contributed by atoms with van der Waals surface area (Å²) in [6.07, 6.45) is 0.154. The van der Waals surface area contributed by atoms with Crippen molar-refractivity contribution < 1.29 is 19.1 Å². The van der Waals surface area contributed by atoms with Gasteiger partial charge in [0.15, 0.2) is 6.10 Å². The van der Waals surface area contributed by atoms with Crippen LogP contribution in [-0.2, 0) is 16.0 Å². The number of carbonyl (C=O) groups is 2. The van der Waals surface area contributed by atoms with E-state index in [0.717, 1.165) is 11.3 Å². The molecule has 0 saturated carbocycles. The van der Waals surface area contributed by atoms with Crippen molar-refractivity contribution in [2.75, 3.05) is 6.61 Å². The summed E-state index contributed by atoms with van der Waals surface area (Å²) in [4.78, 5) is 23.8. The van der Waals surface area contributed by atoms with Gasteiger partial charge in [-0.15, -0.1) is 0 Å². The van der Waals surface area contributed by atoms with Crippen LogP contribution in [0.15, 0.2) is 54.6 Å². The molecule has 0 saturated heterocycles. The Kier molecular flexibility index (Phi) is 7.49. The van der Waals surface area contributed by atoms with Gasteiger partial charge in [-0.25, -0.2) is 0 Å². The molecule has 0 heterocycles. The molecule has 1 atom stereocenters. The van der Waals surface area contributed by atoms with Gasteiger partial charge in [-0.3, -0.25) is 20.4 Å². The zero-order valence-electron chi connectivity index (χ0n) is 15.0. The summed E-state index contributed by atoms with van der Waals surface area (Å²) < 4.78 is 10.9. The van der Waals surface area contributed by atoms with Gasteiger partial charge in [0.05, 0.1) is 6.61 Å². The second-order valence-electron chi connectivity index (χ2n) is 5.69. The van der Waals surface area contributed by atoms with Gasteiger partial charge >= 0.3 is 0 Å². The Balaban J connectivity index is 1.71. The average Bonchev–Trinajstić information content (AvgIpc) is 2.67. The molecule has 0 fully saturated rings. The molecule has 1 unspecified atom stereocenters. The molecule has 6 nitrogen and oxygen atoms in total. The quantitative estimate of drug-likeness (QED) is 0.713. The van der Waals surface area contributed by atoms with E-state index in [1.54, 1.807) is 31.2 Å². The highest BCUT2D eigenvalue weighted by atomic mass is 16.5. The Bertz CT molecular complexity index is 702. The molecule has 2 aromatic carbocycles. The van der Waals surface area contributed by atoms with E-state index >= 15 is 0 Å². The van der Waals surface area contributed by atoms with Crippen LogP contribution in [0.2, 0.25) is 0 Å².